The summed E-state index contributed by atoms with van der Waals surface area (Å²) in [7, 11) is 0. The first-order valence-corrected chi connectivity index (χ1v) is 6.76. The van der Waals surface area contributed by atoms with E-state index in [0.717, 1.165) is 19.6 Å². The smallest absolute Gasteiger partial charge is 0.0952 e. The van der Waals surface area contributed by atoms with Crippen LogP contribution in [0.2, 0.25) is 0 Å². The minimum absolute atomic E-state index is 0.120. The van der Waals surface area contributed by atoms with Gasteiger partial charge < -0.3 is 15.2 Å². The van der Waals surface area contributed by atoms with Gasteiger partial charge in [-0.05, 0) is 23.5 Å². The second-order valence-corrected chi connectivity index (χ2v) is 5.28. The quantitative estimate of drug-likeness (QED) is 0.837. The first-order chi connectivity index (χ1) is 8.68. The number of benzene rings is 1. The minimum atomic E-state index is -0.288. The van der Waals surface area contributed by atoms with Gasteiger partial charge >= 0.3 is 0 Å². The minimum Gasteiger partial charge on any atom is -0.392 e. The van der Waals surface area contributed by atoms with Crippen molar-refractivity contribution >= 4 is 0 Å². The zero-order chi connectivity index (χ0) is 13.0. The molecule has 0 aliphatic carbocycles. The van der Waals surface area contributed by atoms with Crippen LogP contribution in [0.15, 0.2) is 24.3 Å². The highest BCUT2D eigenvalue weighted by molar-refractivity contribution is 5.31. The third-order valence-corrected chi connectivity index (χ3v) is 3.55. The Bertz CT molecular complexity index is 379. The van der Waals surface area contributed by atoms with Crippen molar-refractivity contribution in [2.75, 3.05) is 19.7 Å². The number of hydrogen-bond acceptors (Lipinski definition) is 3. The standard InChI is InChI=1S/C15H23NO2/c1-11(2)14(17)9-16-10-15-13-6-4-3-5-12(13)7-8-18-15/h3-6,11,14-17H,7-10H2,1-2H3. The van der Waals surface area contributed by atoms with E-state index in [9.17, 15) is 5.11 Å². The van der Waals surface area contributed by atoms with Gasteiger partial charge in [-0.25, -0.2) is 0 Å². The molecule has 2 rings (SSSR count). The van der Waals surface area contributed by atoms with Gasteiger partial charge in [0, 0.05) is 13.1 Å². The Balaban J connectivity index is 1.88. The molecule has 2 N–H and O–H groups in total. The Labute approximate surface area is 109 Å². The zero-order valence-corrected chi connectivity index (χ0v) is 11.2. The molecule has 1 aliphatic heterocycles. The molecule has 0 radical (unpaired) electrons. The normalized spacial score (nSPS) is 20.8. The van der Waals surface area contributed by atoms with Crippen molar-refractivity contribution in [3.05, 3.63) is 35.4 Å². The first kappa shape index (κ1) is 13.5. The summed E-state index contributed by atoms with van der Waals surface area (Å²) in [6, 6.07) is 8.45. The van der Waals surface area contributed by atoms with Gasteiger partial charge in [0.2, 0.25) is 0 Å². The lowest BCUT2D eigenvalue weighted by Crippen LogP contribution is -2.34. The van der Waals surface area contributed by atoms with Gasteiger partial charge in [-0.15, -0.1) is 0 Å². The average Bonchev–Trinajstić information content (AvgIpc) is 2.38. The third-order valence-electron chi connectivity index (χ3n) is 3.55. The van der Waals surface area contributed by atoms with Gasteiger partial charge in [-0.2, -0.15) is 0 Å². The molecule has 0 spiro atoms. The van der Waals surface area contributed by atoms with Gasteiger partial charge in [0.15, 0.2) is 0 Å². The Kier molecular flexibility index (Phi) is 4.75. The molecule has 1 heterocycles. The van der Waals surface area contributed by atoms with Crippen LogP contribution in [-0.4, -0.2) is 30.9 Å². The van der Waals surface area contributed by atoms with E-state index in [1.165, 1.54) is 11.1 Å². The van der Waals surface area contributed by atoms with Crippen LogP contribution in [0, 0.1) is 5.92 Å². The predicted molar refractivity (Wildman–Crippen MR) is 72.6 cm³/mol. The van der Waals surface area contributed by atoms with E-state index in [4.69, 9.17) is 4.74 Å². The van der Waals surface area contributed by atoms with E-state index in [1.807, 2.05) is 13.8 Å². The molecule has 100 valence electrons. The molecule has 3 heteroatoms. The van der Waals surface area contributed by atoms with E-state index in [0.29, 0.717) is 6.54 Å². The average molecular weight is 249 g/mol. The Morgan fingerprint density at radius 2 is 2.17 bits per heavy atom. The lowest BCUT2D eigenvalue weighted by molar-refractivity contribution is 0.0383. The maximum atomic E-state index is 9.75. The number of ether oxygens (including phenoxy) is 1. The van der Waals surface area contributed by atoms with Crippen molar-refractivity contribution in [1.29, 1.82) is 0 Å². The van der Waals surface area contributed by atoms with Crippen molar-refractivity contribution in [1.82, 2.24) is 5.32 Å². The second kappa shape index (κ2) is 6.32. The van der Waals surface area contributed by atoms with Crippen molar-refractivity contribution in [3.63, 3.8) is 0 Å². The van der Waals surface area contributed by atoms with Crippen LogP contribution in [0.25, 0.3) is 0 Å². The van der Waals surface area contributed by atoms with Gasteiger partial charge in [0.05, 0.1) is 18.8 Å². The fourth-order valence-electron chi connectivity index (χ4n) is 2.24. The Hall–Kier alpha value is -0.900. The molecule has 0 bridgehead atoms. The highest BCUT2D eigenvalue weighted by atomic mass is 16.5. The maximum absolute atomic E-state index is 9.75. The highest BCUT2D eigenvalue weighted by Gasteiger charge is 2.20. The summed E-state index contributed by atoms with van der Waals surface area (Å²) >= 11 is 0. The van der Waals surface area contributed by atoms with Crippen LogP contribution in [-0.2, 0) is 11.2 Å². The molecule has 0 saturated heterocycles. The largest absolute Gasteiger partial charge is 0.392 e. The van der Waals surface area contributed by atoms with Gasteiger partial charge in [-0.1, -0.05) is 38.1 Å². The first-order valence-electron chi connectivity index (χ1n) is 6.76. The molecular weight excluding hydrogens is 226 g/mol. The summed E-state index contributed by atoms with van der Waals surface area (Å²) in [5.74, 6) is 0.289. The number of aliphatic hydroxyl groups excluding tert-OH is 1. The number of fused-ring (bicyclic) bond motifs is 1. The van der Waals surface area contributed by atoms with Crippen LogP contribution in [0.5, 0.6) is 0 Å². The third kappa shape index (κ3) is 3.31. The molecule has 2 atom stereocenters. The predicted octanol–water partition coefficient (Wildman–Crippen LogP) is 1.91. The van der Waals surface area contributed by atoms with Gasteiger partial charge in [0.25, 0.3) is 0 Å². The summed E-state index contributed by atoms with van der Waals surface area (Å²) in [5.41, 5.74) is 2.68. The van der Waals surface area contributed by atoms with Crippen molar-refractivity contribution in [3.8, 4) is 0 Å². The molecular formula is C15H23NO2. The van der Waals surface area contributed by atoms with E-state index < -0.39 is 0 Å². The summed E-state index contributed by atoms with van der Waals surface area (Å²) in [5, 5.41) is 13.0. The summed E-state index contributed by atoms with van der Waals surface area (Å²) in [6.07, 6.45) is 0.833. The number of hydrogen-bond donors (Lipinski definition) is 2. The highest BCUT2D eigenvalue weighted by Crippen LogP contribution is 2.26. The molecule has 0 amide bonds. The summed E-state index contributed by atoms with van der Waals surface area (Å²) < 4.78 is 5.80. The SMILES string of the molecule is CC(C)C(O)CNCC1OCCc2ccccc21. The monoisotopic (exact) mass is 249 g/mol. The lowest BCUT2D eigenvalue weighted by atomic mass is 9.97. The van der Waals surface area contributed by atoms with E-state index >= 15 is 0 Å². The number of aliphatic hydroxyl groups is 1. The number of nitrogens with one attached hydrogen (secondary N) is 1. The lowest BCUT2D eigenvalue weighted by Gasteiger charge is -2.27. The van der Waals surface area contributed by atoms with Crippen LogP contribution >= 0.6 is 0 Å². The van der Waals surface area contributed by atoms with Crippen LogP contribution in [0.4, 0.5) is 0 Å². The second-order valence-electron chi connectivity index (χ2n) is 5.28. The molecule has 1 aromatic rings. The van der Waals surface area contributed by atoms with E-state index in [-0.39, 0.29) is 18.1 Å². The molecule has 0 saturated carbocycles. The number of rotatable bonds is 5. The van der Waals surface area contributed by atoms with Crippen LogP contribution in [0.1, 0.15) is 31.1 Å². The van der Waals surface area contributed by atoms with Gasteiger partial charge in [-0.3, -0.25) is 0 Å². The molecule has 1 aromatic carbocycles. The molecule has 3 nitrogen and oxygen atoms in total. The Morgan fingerprint density at radius 1 is 1.39 bits per heavy atom. The van der Waals surface area contributed by atoms with Crippen LogP contribution in [0.3, 0.4) is 0 Å². The summed E-state index contributed by atoms with van der Waals surface area (Å²) in [6.45, 7) is 6.23. The maximum Gasteiger partial charge on any atom is 0.0952 e. The molecule has 0 fully saturated rings. The fraction of sp³-hybridized carbons (Fsp3) is 0.600. The zero-order valence-electron chi connectivity index (χ0n) is 11.2. The summed E-state index contributed by atoms with van der Waals surface area (Å²) in [4.78, 5) is 0. The fourth-order valence-corrected chi connectivity index (χ4v) is 2.24. The van der Waals surface area contributed by atoms with E-state index in [1.54, 1.807) is 0 Å². The van der Waals surface area contributed by atoms with E-state index in [2.05, 4.69) is 29.6 Å². The molecule has 2 unspecified atom stereocenters. The van der Waals surface area contributed by atoms with Crippen LogP contribution < -0.4 is 5.32 Å². The van der Waals surface area contributed by atoms with Crippen molar-refractivity contribution < 1.29 is 9.84 Å². The molecule has 0 aromatic heterocycles. The molecule has 18 heavy (non-hydrogen) atoms. The molecule has 1 aliphatic rings. The topological polar surface area (TPSA) is 41.5 Å². The van der Waals surface area contributed by atoms with Crippen molar-refractivity contribution in [2.24, 2.45) is 5.92 Å². The van der Waals surface area contributed by atoms with Crippen molar-refractivity contribution in [2.45, 2.75) is 32.5 Å². The Morgan fingerprint density at radius 3 is 2.94 bits per heavy atom. The van der Waals surface area contributed by atoms with Gasteiger partial charge in [0.1, 0.15) is 0 Å².